The Labute approximate surface area is 164 Å². The smallest absolute Gasteiger partial charge is 0.420 e. The van der Waals surface area contributed by atoms with Gasteiger partial charge >= 0.3 is 12.2 Å². The van der Waals surface area contributed by atoms with Gasteiger partial charge in [0.15, 0.2) is 0 Å². The first-order valence-electron chi connectivity index (χ1n) is 9.70. The van der Waals surface area contributed by atoms with E-state index in [4.69, 9.17) is 9.47 Å². The van der Waals surface area contributed by atoms with Crippen LogP contribution in [0.5, 0.6) is 0 Å². The Morgan fingerprint density at radius 1 is 1.04 bits per heavy atom. The molecule has 1 aliphatic rings. The summed E-state index contributed by atoms with van der Waals surface area (Å²) >= 11 is 0. The maximum atomic E-state index is 12.6. The lowest BCUT2D eigenvalue weighted by atomic mass is 9.70. The number of ether oxygens (including phenoxy) is 2. The molecular weight excluding hydrogens is 342 g/mol. The molecule has 5 heteroatoms. The van der Waals surface area contributed by atoms with Gasteiger partial charge < -0.3 is 9.47 Å². The second-order valence-electron chi connectivity index (χ2n) is 9.84. The number of carbonyl (C=O) groups excluding carboxylic acids is 2. The Morgan fingerprint density at radius 3 is 1.78 bits per heavy atom. The molecule has 0 aromatic rings. The van der Waals surface area contributed by atoms with Crippen molar-refractivity contribution in [3.8, 4) is 0 Å². The van der Waals surface area contributed by atoms with E-state index in [1.54, 1.807) is 41.5 Å². The van der Waals surface area contributed by atoms with Gasteiger partial charge in [-0.1, -0.05) is 25.2 Å². The summed E-state index contributed by atoms with van der Waals surface area (Å²) in [7, 11) is 0. The highest BCUT2D eigenvalue weighted by Gasteiger charge is 2.34. The predicted octanol–water partition coefficient (Wildman–Crippen LogP) is 6.10. The van der Waals surface area contributed by atoms with Crippen molar-refractivity contribution in [3.63, 3.8) is 0 Å². The second kappa shape index (κ2) is 8.49. The van der Waals surface area contributed by atoms with Crippen LogP contribution in [0, 0.1) is 11.3 Å². The molecule has 0 heterocycles. The Kier molecular flexibility index (Phi) is 7.31. The molecule has 0 bridgehead atoms. The molecule has 0 atom stereocenters. The minimum atomic E-state index is -0.704. The van der Waals surface area contributed by atoms with Gasteiger partial charge in [-0.15, -0.1) is 6.58 Å². The summed E-state index contributed by atoms with van der Waals surface area (Å²) in [6, 6.07) is 0. The van der Waals surface area contributed by atoms with Crippen molar-refractivity contribution in [1.82, 2.24) is 4.90 Å². The number of amides is 2. The molecule has 27 heavy (non-hydrogen) atoms. The topological polar surface area (TPSA) is 55.8 Å². The zero-order chi connectivity index (χ0) is 21.0. The molecule has 5 nitrogen and oxygen atoms in total. The van der Waals surface area contributed by atoms with Crippen LogP contribution in [-0.4, -0.2) is 34.8 Å². The van der Waals surface area contributed by atoms with Crippen molar-refractivity contribution in [2.75, 3.05) is 6.54 Å². The summed E-state index contributed by atoms with van der Waals surface area (Å²) in [5, 5.41) is 0. The highest BCUT2D eigenvalue weighted by molar-refractivity contribution is 5.88. The minimum absolute atomic E-state index is 0.110. The van der Waals surface area contributed by atoms with Crippen LogP contribution in [0.3, 0.4) is 0 Å². The highest BCUT2D eigenvalue weighted by atomic mass is 16.6. The molecule has 2 amide bonds. The van der Waals surface area contributed by atoms with Crippen LogP contribution in [0.1, 0.15) is 74.1 Å². The molecule has 0 radical (unpaired) electrons. The number of hydrogen-bond acceptors (Lipinski definition) is 4. The first-order valence-corrected chi connectivity index (χ1v) is 9.70. The lowest BCUT2D eigenvalue weighted by Crippen LogP contribution is -2.45. The zero-order valence-corrected chi connectivity index (χ0v) is 18.2. The first kappa shape index (κ1) is 23.3. The summed E-state index contributed by atoms with van der Waals surface area (Å²) < 4.78 is 10.8. The average molecular weight is 380 g/mol. The van der Waals surface area contributed by atoms with Crippen molar-refractivity contribution in [1.29, 1.82) is 0 Å². The molecule has 0 spiro atoms. The molecule has 1 saturated carbocycles. The van der Waals surface area contributed by atoms with Gasteiger partial charge in [-0.3, -0.25) is 0 Å². The fraction of sp³-hybridized carbons (Fsp3) is 0.727. The van der Waals surface area contributed by atoms with Crippen molar-refractivity contribution < 1.29 is 19.1 Å². The summed E-state index contributed by atoms with van der Waals surface area (Å²) in [5.74, 6) is 0.269. The first-order chi connectivity index (χ1) is 12.2. The van der Waals surface area contributed by atoms with E-state index < -0.39 is 23.4 Å². The number of allylic oxidation sites excluding steroid dienone is 1. The number of hydrogen-bond donors (Lipinski definition) is 0. The third-order valence-electron chi connectivity index (χ3n) is 4.79. The zero-order valence-electron chi connectivity index (χ0n) is 18.2. The van der Waals surface area contributed by atoms with Crippen molar-refractivity contribution in [2.24, 2.45) is 11.3 Å². The Bertz CT molecular complexity index is 544. The molecule has 1 rings (SSSR count). The summed E-state index contributed by atoms with van der Waals surface area (Å²) in [4.78, 5) is 26.2. The monoisotopic (exact) mass is 379 g/mol. The molecular formula is C22H37NO4. The molecule has 1 aliphatic carbocycles. The van der Waals surface area contributed by atoms with Crippen LogP contribution in [0.4, 0.5) is 9.59 Å². The molecule has 154 valence electrons. The number of rotatable bonds is 4. The maximum absolute atomic E-state index is 12.6. The fourth-order valence-corrected chi connectivity index (χ4v) is 3.06. The molecule has 0 unspecified atom stereocenters. The van der Waals surface area contributed by atoms with E-state index in [9.17, 15) is 9.59 Å². The molecule has 0 aliphatic heterocycles. The highest BCUT2D eigenvalue weighted by Crippen LogP contribution is 2.41. The Morgan fingerprint density at radius 2 is 1.44 bits per heavy atom. The number of nitrogens with zero attached hydrogens (tertiary/aromatic N) is 1. The number of carbonyl (C=O) groups is 2. The van der Waals surface area contributed by atoms with Crippen molar-refractivity contribution in [2.45, 2.75) is 85.4 Å². The third kappa shape index (κ3) is 7.77. The van der Waals surface area contributed by atoms with Crippen LogP contribution in [0.2, 0.25) is 0 Å². The maximum Gasteiger partial charge on any atom is 0.420 e. The van der Waals surface area contributed by atoms with Crippen LogP contribution < -0.4 is 0 Å². The fourth-order valence-electron chi connectivity index (χ4n) is 3.06. The van der Waals surface area contributed by atoms with E-state index in [2.05, 4.69) is 20.1 Å². The van der Waals surface area contributed by atoms with E-state index in [1.807, 2.05) is 6.08 Å². The standard InChI is InChI=1S/C22H37NO4/c1-10-22(9)13-11-17(12-14-22)16(2)15-23(18(24)26-20(3,4)5)19(25)27-21(6,7)8/h10,17H,1-2,11-15H2,3-9H3. The van der Waals surface area contributed by atoms with Crippen LogP contribution in [0.15, 0.2) is 24.8 Å². The van der Waals surface area contributed by atoms with Crippen molar-refractivity contribution in [3.05, 3.63) is 24.8 Å². The summed E-state index contributed by atoms with van der Waals surface area (Å²) in [6.07, 6.45) is 4.61. The largest absolute Gasteiger partial charge is 0.443 e. The van der Waals surface area contributed by atoms with Gasteiger partial charge in [-0.25, -0.2) is 14.5 Å². The summed E-state index contributed by atoms with van der Waals surface area (Å²) in [6.45, 7) is 21.0. The summed E-state index contributed by atoms with van der Waals surface area (Å²) in [5.41, 5.74) is -0.380. The van der Waals surface area contributed by atoms with E-state index >= 15 is 0 Å². The lowest BCUT2D eigenvalue weighted by molar-refractivity contribution is 0.00266. The minimum Gasteiger partial charge on any atom is -0.443 e. The van der Waals surface area contributed by atoms with Gasteiger partial charge in [0.25, 0.3) is 0 Å². The SMILES string of the molecule is C=CC1(C)CCC(C(=C)CN(C(=O)OC(C)(C)C)C(=O)OC(C)(C)C)CC1. The lowest BCUT2D eigenvalue weighted by Gasteiger charge is -2.37. The second-order valence-corrected chi connectivity index (χ2v) is 9.84. The van der Waals surface area contributed by atoms with E-state index in [1.165, 1.54) is 0 Å². The molecule has 1 fully saturated rings. The Hall–Kier alpha value is -1.78. The Balaban J connectivity index is 2.87. The molecule has 0 saturated heterocycles. The van der Waals surface area contributed by atoms with Gasteiger partial charge in [-0.2, -0.15) is 0 Å². The van der Waals surface area contributed by atoms with E-state index in [-0.39, 0.29) is 17.9 Å². The third-order valence-corrected chi connectivity index (χ3v) is 4.79. The normalized spacial score (nSPS) is 23.3. The average Bonchev–Trinajstić information content (AvgIpc) is 2.49. The molecule has 0 aromatic carbocycles. The van der Waals surface area contributed by atoms with Gasteiger partial charge in [0, 0.05) is 0 Å². The van der Waals surface area contributed by atoms with E-state index in [0.29, 0.717) is 0 Å². The van der Waals surface area contributed by atoms with Gasteiger partial charge in [0.1, 0.15) is 11.2 Å². The predicted molar refractivity (Wildman–Crippen MR) is 109 cm³/mol. The van der Waals surface area contributed by atoms with Crippen molar-refractivity contribution >= 4 is 12.2 Å². The molecule has 0 N–H and O–H groups in total. The van der Waals surface area contributed by atoms with Gasteiger partial charge in [0.2, 0.25) is 0 Å². The quantitative estimate of drug-likeness (QED) is 0.554. The van der Waals surface area contributed by atoms with Gasteiger partial charge in [0.05, 0.1) is 6.54 Å². The number of imide groups is 1. The van der Waals surface area contributed by atoms with Crippen LogP contribution in [0.25, 0.3) is 0 Å². The van der Waals surface area contributed by atoms with Gasteiger partial charge in [-0.05, 0) is 78.6 Å². The van der Waals surface area contributed by atoms with Crippen LogP contribution >= 0.6 is 0 Å². The molecule has 0 aromatic heterocycles. The van der Waals surface area contributed by atoms with E-state index in [0.717, 1.165) is 36.2 Å². The van der Waals surface area contributed by atoms with Crippen LogP contribution in [-0.2, 0) is 9.47 Å².